The zero-order valence-electron chi connectivity index (χ0n) is 12.2. The lowest BCUT2D eigenvalue weighted by molar-refractivity contribution is 0.112. The molecule has 1 N–H and O–H groups in total. The van der Waals surface area contributed by atoms with Gasteiger partial charge < -0.3 is 10.2 Å². The van der Waals surface area contributed by atoms with Crippen molar-refractivity contribution in [1.29, 1.82) is 5.26 Å². The minimum Gasteiger partial charge on any atom is -0.301 e. The second-order valence-electron chi connectivity index (χ2n) is 6.56. The molecule has 0 aromatic carbocycles. The largest absolute Gasteiger partial charge is 0.301 e. The third-order valence-electron chi connectivity index (χ3n) is 4.33. The monoisotopic (exact) mass is 237 g/mol. The van der Waals surface area contributed by atoms with Crippen molar-refractivity contribution < 1.29 is 0 Å². The maximum absolute atomic E-state index is 9.48. The van der Waals surface area contributed by atoms with Gasteiger partial charge in [-0.15, -0.1) is 0 Å². The smallest absolute Gasteiger partial charge is 0.122 e. The van der Waals surface area contributed by atoms with Gasteiger partial charge in [0, 0.05) is 12.6 Å². The van der Waals surface area contributed by atoms with Gasteiger partial charge in [-0.2, -0.15) is 5.26 Å². The van der Waals surface area contributed by atoms with Crippen LogP contribution in [0, 0.1) is 22.7 Å². The van der Waals surface area contributed by atoms with Gasteiger partial charge in [0.15, 0.2) is 0 Å². The van der Waals surface area contributed by atoms with Crippen LogP contribution in [0.2, 0.25) is 0 Å². The molecule has 0 amide bonds. The molecule has 0 heterocycles. The molecule has 0 aromatic heterocycles. The maximum atomic E-state index is 9.48. The molecule has 3 heteroatoms. The van der Waals surface area contributed by atoms with E-state index < -0.39 is 0 Å². The van der Waals surface area contributed by atoms with Crippen LogP contribution in [-0.4, -0.2) is 37.1 Å². The number of hydrogen-bond acceptors (Lipinski definition) is 3. The summed E-state index contributed by atoms with van der Waals surface area (Å²) >= 11 is 0. The van der Waals surface area contributed by atoms with Crippen molar-refractivity contribution in [3.8, 4) is 6.07 Å². The molecular weight excluding hydrogens is 210 g/mol. The molecule has 0 aliphatic heterocycles. The van der Waals surface area contributed by atoms with E-state index in [4.69, 9.17) is 0 Å². The number of nitrogens with zero attached hydrogens (tertiary/aromatic N) is 2. The van der Waals surface area contributed by atoms with Crippen LogP contribution in [0.3, 0.4) is 0 Å². The second-order valence-corrected chi connectivity index (χ2v) is 6.56. The Morgan fingerprint density at radius 3 is 2.24 bits per heavy atom. The Hall–Kier alpha value is -0.590. The average Bonchev–Trinajstić information content (AvgIpc) is 3.07. The Balaban J connectivity index is 2.72. The quantitative estimate of drug-likeness (QED) is 0.797. The molecule has 2 atom stereocenters. The molecule has 17 heavy (non-hydrogen) atoms. The summed E-state index contributed by atoms with van der Waals surface area (Å²) in [5.41, 5.74) is -0.110. The van der Waals surface area contributed by atoms with Crippen molar-refractivity contribution >= 4 is 0 Å². The molecular formula is C14H27N3. The summed E-state index contributed by atoms with van der Waals surface area (Å²) in [6.07, 6.45) is 2.37. The fraction of sp³-hybridized carbons (Fsp3) is 0.929. The van der Waals surface area contributed by atoms with Crippen molar-refractivity contribution in [1.82, 2.24) is 10.2 Å². The van der Waals surface area contributed by atoms with Gasteiger partial charge in [0.1, 0.15) is 5.54 Å². The minimum atomic E-state index is -0.353. The fourth-order valence-corrected chi connectivity index (χ4v) is 2.36. The lowest BCUT2D eigenvalue weighted by atomic mass is 9.85. The van der Waals surface area contributed by atoms with E-state index in [9.17, 15) is 5.26 Å². The van der Waals surface area contributed by atoms with Crippen LogP contribution in [-0.2, 0) is 0 Å². The molecule has 3 nitrogen and oxygen atoms in total. The molecule has 0 saturated heterocycles. The molecule has 1 aliphatic carbocycles. The van der Waals surface area contributed by atoms with Crippen LogP contribution >= 0.6 is 0 Å². The topological polar surface area (TPSA) is 39.1 Å². The molecule has 1 fully saturated rings. The first-order chi connectivity index (χ1) is 7.77. The lowest BCUT2D eigenvalue weighted by Gasteiger charge is -2.40. The first kappa shape index (κ1) is 14.5. The van der Waals surface area contributed by atoms with E-state index in [2.05, 4.69) is 51.0 Å². The first-order valence-electron chi connectivity index (χ1n) is 6.57. The molecule has 1 saturated carbocycles. The van der Waals surface area contributed by atoms with Crippen molar-refractivity contribution in [3.63, 3.8) is 0 Å². The van der Waals surface area contributed by atoms with Gasteiger partial charge in [-0.05, 0) is 45.2 Å². The van der Waals surface area contributed by atoms with E-state index in [1.807, 2.05) is 7.05 Å². The predicted molar refractivity (Wildman–Crippen MR) is 71.7 cm³/mol. The molecule has 0 radical (unpaired) electrons. The van der Waals surface area contributed by atoms with Gasteiger partial charge in [0.25, 0.3) is 0 Å². The van der Waals surface area contributed by atoms with Crippen molar-refractivity contribution in [3.05, 3.63) is 0 Å². The summed E-state index contributed by atoms with van der Waals surface area (Å²) in [7, 11) is 4.04. The highest BCUT2D eigenvalue weighted by atomic mass is 15.2. The van der Waals surface area contributed by atoms with E-state index in [0.717, 1.165) is 6.54 Å². The summed E-state index contributed by atoms with van der Waals surface area (Å²) < 4.78 is 0. The summed E-state index contributed by atoms with van der Waals surface area (Å²) in [6.45, 7) is 9.80. The summed E-state index contributed by atoms with van der Waals surface area (Å²) in [6, 6.07) is 2.97. The van der Waals surface area contributed by atoms with Crippen LogP contribution in [0.5, 0.6) is 0 Å². The summed E-state index contributed by atoms with van der Waals surface area (Å²) in [5.74, 6) is 0.534. The predicted octanol–water partition coefficient (Wildman–Crippen LogP) is 2.24. The summed E-state index contributed by atoms with van der Waals surface area (Å²) in [5, 5.41) is 12.7. The highest BCUT2D eigenvalue weighted by Gasteiger charge is 2.46. The van der Waals surface area contributed by atoms with Crippen LogP contribution in [0.25, 0.3) is 0 Å². The number of likely N-dealkylation sites (N-methyl/N-ethyl adjacent to an activating group) is 2. The molecule has 0 bridgehead atoms. The molecule has 2 unspecified atom stereocenters. The number of hydrogen-bond donors (Lipinski definition) is 1. The van der Waals surface area contributed by atoms with E-state index >= 15 is 0 Å². The Kier molecular flexibility index (Phi) is 4.22. The van der Waals surface area contributed by atoms with Crippen molar-refractivity contribution in [2.24, 2.45) is 11.3 Å². The summed E-state index contributed by atoms with van der Waals surface area (Å²) in [4.78, 5) is 2.32. The number of nitriles is 1. The Bertz CT molecular complexity index is 296. The van der Waals surface area contributed by atoms with Crippen LogP contribution < -0.4 is 5.32 Å². The maximum Gasteiger partial charge on any atom is 0.122 e. The SMILES string of the molecule is CNC(C#N)(CN(C)C(C)C(C)(C)C)C1CC1. The molecule has 1 rings (SSSR count). The minimum absolute atomic E-state index is 0.243. The van der Waals surface area contributed by atoms with Crippen LogP contribution in [0.1, 0.15) is 40.5 Å². The van der Waals surface area contributed by atoms with E-state index in [1.54, 1.807) is 0 Å². The zero-order chi connectivity index (χ0) is 13.3. The third-order valence-corrected chi connectivity index (χ3v) is 4.33. The van der Waals surface area contributed by atoms with Gasteiger partial charge in [-0.25, -0.2) is 0 Å². The zero-order valence-corrected chi connectivity index (χ0v) is 12.2. The molecule has 1 aliphatic rings. The Labute approximate surface area is 106 Å². The van der Waals surface area contributed by atoms with Gasteiger partial charge in [0.2, 0.25) is 0 Å². The van der Waals surface area contributed by atoms with Gasteiger partial charge in [-0.1, -0.05) is 20.8 Å². The normalized spacial score (nSPS) is 22.0. The molecule has 0 aromatic rings. The lowest BCUT2D eigenvalue weighted by Crippen LogP contribution is -2.55. The Morgan fingerprint density at radius 1 is 1.41 bits per heavy atom. The number of rotatable bonds is 5. The van der Waals surface area contributed by atoms with E-state index in [-0.39, 0.29) is 11.0 Å². The van der Waals surface area contributed by atoms with Crippen LogP contribution in [0.4, 0.5) is 0 Å². The van der Waals surface area contributed by atoms with Crippen LogP contribution in [0.15, 0.2) is 0 Å². The first-order valence-corrected chi connectivity index (χ1v) is 6.57. The Morgan fingerprint density at radius 2 is 1.94 bits per heavy atom. The highest BCUT2D eigenvalue weighted by Crippen LogP contribution is 2.40. The second kappa shape index (κ2) is 4.96. The van der Waals surface area contributed by atoms with Gasteiger partial charge in [0.05, 0.1) is 6.07 Å². The molecule has 98 valence electrons. The van der Waals surface area contributed by atoms with Gasteiger partial charge in [-0.3, -0.25) is 0 Å². The number of nitrogens with one attached hydrogen (secondary N) is 1. The molecule has 0 spiro atoms. The van der Waals surface area contributed by atoms with Crippen molar-refractivity contribution in [2.75, 3.05) is 20.6 Å². The van der Waals surface area contributed by atoms with Crippen molar-refractivity contribution in [2.45, 2.75) is 52.1 Å². The average molecular weight is 237 g/mol. The fourth-order valence-electron chi connectivity index (χ4n) is 2.36. The third kappa shape index (κ3) is 3.20. The highest BCUT2D eigenvalue weighted by molar-refractivity contribution is 5.16. The standard InChI is InChI=1S/C14H27N3/c1-11(13(2,3)4)17(6)10-14(9-15,16-5)12-7-8-12/h11-12,16H,7-8,10H2,1-6H3. The van der Waals surface area contributed by atoms with E-state index in [0.29, 0.717) is 12.0 Å². The van der Waals surface area contributed by atoms with E-state index in [1.165, 1.54) is 12.8 Å². The van der Waals surface area contributed by atoms with Gasteiger partial charge >= 0.3 is 0 Å².